The van der Waals surface area contributed by atoms with Crippen LogP contribution in [0.15, 0.2) is 18.2 Å². The Bertz CT molecular complexity index is 316. The highest BCUT2D eigenvalue weighted by Crippen LogP contribution is 2.12. The molecule has 0 atom stereocenters. The van der Waals surface area contributed by atoms with Gasteiger partial charge in [-0.3, -0.25) is 4.79 Å². The van der Waals surface area contributed by atoms with Crippen LogP contribution in [0.1, 0.15) is 37.5 Å². The minimum absolute atomic E-state index is 0.121. The molecule has 0 amide bonds. The molecule has 0 aliphatic heterocycles. The molecule has 2 heteroatoms. The quantitative estimate of drug-likeness (QED) is 0.828. The van der Waals surface area contributed by atoms with Gasteiger partial charge in [-0.05, 0) is 30.0 Å². The molecule has 0 aliphatic rings. The number of carbonyl (C=O) groups is 1. The van der Waals surface area contributed by atoms with E-state index in [1.807, 2.05) is 32.9 Å². The van der Waals surface area contributed by atoms with Crippen molar-refractivity contribution in [2.24, 2.45) is 0 Å². The first-order valence-electron chi connectivity index (χ1n) is 5.43. The molecule has 0 radical (unpaired) electrons. The topological polar surface area (TPSA) is 37.3 Å². The van der Waals surface area contributed by atoms with Crippen LogP contribution in [0.4, 0.5) is 0 Å². The Kier molecular flexibility index (Phi) is 6.43. The summed E-state index contributed by atoms with van der Waals surface area (Å²) in [5, 5.41) is 8.62. The molecule has 0 aromatic heterocycles. The summed E-state index contributed by atoms with van der Waals surface area (Å²) >= 11 is 0. The first kappa shape index (κ1) is 13.7. The first-order chi connectivity index (χ1) is 7.13. The van der Waals surface area contributed by atoms with E-state index in [-0.39, 0.29) is 6.42 Å². The number of hydrogen-bond donors (Lipinski definition) is 1. The lowest BCUT2D eigenvalue weighted by molar-refractivity contribution is -0.136. The molecule has 0 spiro atoms. The maximum Gasteiger partial charge on any atom is 0.307 e. The van der Waals surface area contributed by atoms with Gasteiger partial charge in [-0.15, -0.1) is 0 Å². The summed E-state index contributed by atoms with van der Waals surface area (Å²) in [5.41, 5.74) is 3.23. The molecule has 0 aliphatic carbocycles. The van der Waals surface area contributed by atoms with Crippen LogP contribution in [0.5, 0.6) is 0 Å². The highest BCUT2D eigenvalue weighted by atomic mass is 16.4. The van der Waals surface area contributed by atoms with Crippen LogP contribution in [0, 0.1) is 6.92 Å². The Morgan fingerprint density at radius 2 is 1.93 bits per heavy atom. The van der Waals surface area contributed by atoms with Gasteiger partial charge in [0.2, 0.25) is 0 Å². The van der Waals surface area contributed by atoms with Crippen molar-refractivity contribution in [3.8, 4) is 0 Å². The monoisotopic (exact) mass is 208 g/mol. The van der Waals surface area contributed by atoms with E-state index in [1.54, 1.807) is 0 Å². The van der Waals surface area contributed by atoms with Gasteiger partial charge in [0.15, 0.2) is 0 Å². The Hall–Kier alpha value is -1.31. The van der Waals surface area contributed by atoms with Crippen LogP contribution in [-0.4, -0.2) is 11.1 Å². The molecule has 84 valence electrons. The average Bonchev–Trinajstić information content (AvgIpc) is 2.23. The Morgan fingerprint density at radius 3 is 2.33 bits per heavy atom. The highest BCUT2D eigenvalue weighted by molar-refractivity contribution is 5.70. The molecular weight excluding hydrogens is 188 g/mol. The van der Waals surface area contributed by atoms with Gasteiger partial charge in [-0.2, -0.15) is 0 Å². The molecule has 15 heavy (non-hydrogen) atoms. The van der Waals surface area contributed by atoms with Gasteiger partial charge in [0, 0.05) is 0 Å². The van der Waals surface area contributed by atoms with E-state index in [2.05, 4.69) is 13.0 Å². The van der Waals surface area contributed by atoms with Gasteiger partial charge in [-0.25, -0.2) is 0 Å². The lowest BCUT2D eigenvalue weighted by Crippen LogP contribution is -2.02. The van der Waals surface area contributed by atoms with E-state index in [1.165, 1.54) is 5.56 Å². The van der Waals surface area contributed by atoms with Crippen LogP contribution in [0.25, 0.3) is 0 Å². The highest BCUT2D eigenvalue weighted by Gasteiger charge is 2.03. The van der Waals surface area contributed by atoms with Crippen LogP contribution in [-0.2, 0) is 17.6 Å². The van der Waals surface area contributed by atoms with E-state index in [9.17, 15) is 4.79 Å². The van der Waals surface area contributed by atoms with E-state index in [0.29, 0.717) is 0 Å². The smallest absolute Gasteiger partial charge is 0.307 e. The molecule has 2 nitrogen and oxygen atoms in total. The zero-order chi connectivity index (χ0) is 11.8. The molecule has 1 aromatic carbocycles. The molecule has 1 rings (SSSR count). The molecule has 1 N–H and O–H groups in total. The predicted octanol–water partition coefficient (Wildman–Crippen LogP) is 3.21. The van der Waals surface area contributed by atoms with Crippen molar-refractivity contribution in [3.05, 3.63) is 34.9 Å². The number of hydrogen-bond acceptors (Lipinski definition) is 1. The third-order valence-electron chi connectivity index (χ3n) is 2.16. The fourth-order valence-electron chi connectivity index (χ4n) is 1.34. The van der Waals surface area contributed by atoms with Crippen molar-refractivity contribution >= 4 is 5.97 Å². The normalized spacial score (nSPS) is 9.07. The molecule has 0 heterocycles. The number of aryl methyl sites for hydroxylation is 2. The van der Waals surface area contributed by atoms with E-state index >= 15 is 0 Å². The van der Waals surface area contributed by atoms with E-state index in [0.717, 1.165) is 17.5 Å². The molecule has 0 fully saturated rings. The van der Waals surface area contributed by atoms with Gasteiger partial charge >= 0.3 is 5.97 Å². The summed E-state index contributed by atoms with van der Waals surface area (Å²) in [5.74, 6) is -0.771. The van der Waals surface area contributed by atoms with E-state index in [4.69, 9.17) is 5.11 Å². The molecule has 0 saturated carbocycles. The fraction of sp³-hybridized carbons (Fsp3) is 0.462. The second-order valence-corrected chi connectivity index (χ2v) is 3.18. The first-order valence-corrected chi connectivity index (χ1v) is 5.43. The predicted molar refractivity (Wildman–Crippen MR) is 63.2 cm³/mol. The molecule has 1 aromatic rings. The summed E-state index contributed by atoms with van der Waals surface area (Å²) < 4.78 is 0. The van der Waals surface area contributed by atoms with Gasteiger partial charge in [0.25, 0.3) is 0 Å². The van der Waals surface area contributed by atoms with Crippen molar-refractivity contribution < 1.29 is 9.90 Å². The zero-order valence-corrected chi connectivity index (χ0v) is 10.0. The minimum Gasteiger partial charge on any atom is -0.481 e. The number of rotatable bonds is 3. The second-order valence-electron chi connectivity index (χ2n) is 3.18. The van der Waals surface area contributed by atoms with Crippen LogP contribution in [0.2, 0.25) is 0 Å². The van der Waals surface area contributed by atoms with Crippen LogP contribution >= 0.6 is 0 Å². The van der Waals surface area contributed by atoms with Crippen molar-refractivity contribution in [2.75, 3.05) is 0 Å². The standard InChI is InChI=1S/C11H14O2.C2H6/c1-3-9-4-5-10(7-11(12)13)8(2)6-9;1-2/h4-6H,3,7H2,1-2H3,(H,12,13);1-2H3. The Balaban J connectivity index is 0.000000921. The van der Waals surface area contributed by atoms with Gasteiger partial charge < -0.3 is 5.11 Å². The lowest BCUT2D eigenvalue weighted by atomic mass is 10.0. The van der Waals surface area contributed by atoms with Crippen molar-refractivity contribution in [1.29, 1.82) is 0 Å². The number of carboxylic acid groups (broad SMARTS) is 1. The fourth-order valence-corrected chi connectivity index (χ4v) is 1.34. The maximum atomic E-state index is 10.5. The maximum absolute atomic E-state index is 10.5. The lowest BCUT2D eigenvalue weighted by Gasteiger charge is -2.04. The Morgan fingerprint density at radius 1 is 1.33 bits per heavy atom. The number of aliphatic carboxylic acids is 1. The summed E-state index contributed by atoms with van der Waals surface area (Å²) in [6.45, 7) is 8.04. The van der Waals surface area contributed by atoms with Gasteiger partial charge in [0.1, 0.15) is 0 Å². The molecular formula is C13H20O2. The average molecular weight is 208 g/mol. The summed E-state index contributed by atoms with van der Waals surface area (Å²) in [4.78, 5) is 10.5. The van der Waals surface area contributed by atoms with Crippen molar-refractivity contribution in [2.45, 2.75) is 40.5 Å². The summed E-state index contributed by atoms with van der Waals surface area (Å²) in [7, 11) is 0. The third kappa shape index (κ3) is 4.63. The molecule has 0 saturated heterocycles. The van der Waals surface area contributed by atoms with Crippen LogP contribution in [0.3, 0.4) is 0 Å². The Labute approximate surface area is 91.9 Å². The zero-order valence-electron chi connectivity index (χ0n) is 10.0. The van der Waals surface area contributed by atoms with Crippen LogP contribution < -0.4 is 0 Å². The molecule has 0 unspecified atom stereocenters. The summed E-state index contributed by atoms with van der Waals surface area (Å²) in [6.07, 6.45) is 1.12. The summed E-state index contributed by atoms with van der Waals surface area (Å²) in [6, 6.07) is 5.95. The third-order valence-corrected chi connectivity index (χ3v) is 2.16. The second kappa shape index (κ2) is 7.04. The van der Waals surface area contributed by atoms with E-state index < -0.39 is 5.97 Å². The number of benzene rings is 1. The largest absolute Gasteiger partial charge is 0.481 e. The SMILES string of the molecule is CC.CCc1ccc(CC(=O)O)c(C)c1. The van der Waals surface area contributed by atoms with Crippen molar-refractivity contribution in [3.63, 3.8) is 0 Å². The van der Waals surface area contributed by atoms with Gasteiger partial charge in [-0.1, -0.05) is 39.0 Å². The minimum atomic E-state index is -0.771. The molecule has 0 bridgehead atoms. The number of carboxylic acids is 1. The van der Waals surface area contributed by atoms with Crippen molar-refractivity contribution in [1.82, 2.24) is 0 Å². The van der Waals surface area contributed by atoms with Gasteiger partial charge in [0.05, 0.1) is 6.42 Å².